The molecule has 1 atom stereocenters. The molecule has 0 aromatic heterocycles. The molecular formula is C19H28FN3O2. The van der Waals surface area contributed by atoms with Gasteiger partial charge in [-0.05, 0) is 43.9 Å². The molecule has 0 radical (unpaired) electrons. The number of halogens is 1. The summed E-state index contributed by atoms with van der Waals surface area (Å²) in [6.45, 7) is 6.32. The zero-order chi connectivity index (χ0) is 17.7. The molecule has 138 valence electrons. The molecule has 2 saturated heterocycles. The van der Waals surface area contributed by atoms with Crippen molar-refractivity contribution in [1.82, 2.24) is 10.2 Å². The van der Waals surface area contributed by atoms with Crippen LogP contribution in [0, 0.1) is 5.82 Å². The lowest BCUT2D eigenvalue weighted by Crippen LogP contribution is -2.43. The fourth-order valence-corrected chi connectivity index (χ4v) is 3.69. The highest BCUT2D eigenvalue weighted by Crippen LogP contribution is 2.35. The van der Waals surface area contributed by atoms with Crippen LogP contribution in [0.15, 0.2) is 29.3 Å². The lowest BCUT2D eigenvalue weighted by Gasteiger charge is -2.37. The maximum absolute atomic E-state index is 13.3. The summed E-state index contributed by atoms with van der Waals surface area (Å²) in [6, 6.07) is 6.81. The van der Waals surface area contributed by atoms with Gasteiger partial charge in [-0.25, -0.2) is 4.39 Å². The second-order valence-electron chi connectivity index (χ2n) is 6.96. The highest BCUT2D eigenvalue weighted by Gasteiger charge is 2.35. The van der Waals surface area contributed by atoms with E-state index in [1.54, 1.807) is 0 Å². The normalized spacial score (nSPS) is 23.7. The number of hydrogen-bond donors (Lipinski definition) is 2. The molecular weight excluding hydrogens is 321 g/mol. The van der Waals surface area contributed by atoms with Gasteiger partial charge in [0.2, 0.25) is 0 Å². The van der Waals surface area contributed by atoms with E-state index in [2.05, 4.69) is 10.2 Å². The Labute approximate surface area is 148 Å². The molecule has 1 aromatic rings. The molecule has 2 aliphatic heterocycles. The number of hydrogen-bond acceptors (Lipinski definition) is 3. The number of likely N-dealkylation sites (tertiary alicyclic amines) is 1. The molecule has 0 aliphatic carbocycles. The van der Waals surface area contributed by atoms with Gasteiger partial charge in [-0.3, -0.25) is 4.99 Å². The van der Waals surface area contributed by atoms with Crippen LogP contribution < -0.4 is 5.32 Å². The highest BCUT2D eigenvalue weighted by atomic mass is 19.1. The van der Waals surface area contributed by atoms with Crippen molar-refractivity contribution >= 4 is 5.96 Å². The molecule has 6 heteroatoms. The molecule has 3 rings (SSSR count). The fourth-order valence-electron chi connectivity index (χ4n) is 3.69. The standard InChI is InChI=1S/C19H28FN3O2/c1-2-21-18(23-10-7-17(24)13-23)22-14-19(8-11-25-12-9-19)15-3-5-16(20)6-4-15/h3-6,17,24H,2,7-14H2,1H3,(H,21,22)/t17-/m1/s1. The van der Waals surface area contributed by atoms with E-state index in [0.717, 1.165) is 43.9 Å². The molecule has 25 heavy (non-hydrogen) atoms. The third-order valence-electron chi connectivity index (χ3n) is 5.24. The minimum atomic E-state index is -0.280. The number of rotatable bonds is 4. The van der Waals surface area contributed by atoms with Crippen molar-refractivity contribution in [3.05, 3.63) is 35.6 Å². The van der Waals surface area contributed by atoms with E-state index >= 15 is 0 Å². The smallest absolute Gasteiger partial charge is 0.194 e. The number of benzene rings is 1. The van der Waals surface area contributed by atoms with E-state index in [1.165, 1.54) is 12.1 Å². The Kier molecular flexibility index (Phi) is 5.91. The Balaban J connectivity index is 1.82. The average molecular weight is 349 g/mol. The van der Waals surface area contributed by atoms with Crippen LogP contribution in [0.4, 0.5) is 4.39 Å². The molecule has 5 nitrogen and oxygen atoms in total. The SMILES string of the molecule is CCNC(=NCC1(c2ccc(F)cc2)CCOCC1)N1CC[C@@H](O)C1. The summed E-state index contributed by atoms with van der Waals surface area (Å²) in [5.41, 5.74) is 1.00. The average Bonchev–Trinajstić information content (AvgIpc) is 3.06. The van der Waals surface area contributed by atoms with Crippen molar-refractivity contribution in [2.75, 3.05) is 39.4 Å². The molecule has 1 aromatic carbocycles. The summed E-state index contributed by atoms with van der Waals surface area (Å²) in [4.78, 5) is 7.01. The van der Waals surface area contributed by atoms with Crippen molar-refractivity contribution in [1.29, 1.82) is 0 Å². The number of ether oxygens (including phenoxy) is 1. The molecule has 2 fully saturated rings. The van der Waals surface area contributed by atoms with Crippen LogP contribution in [0.25, 0.3) is 0 Å². The van der Waals surface area contributed by atoms with Crippen molar-refractivity contribution < 1.29 is 14.2 Å². The van der Waals surface area contributed by atoms with E-state index in [-0.39, 0.29) is 17.3 Å². The third kappa shape index (κ3) is 4.30. The number of β-amino-alcohol motifs (C(OH)–C–C–N with tert-alkyl or cyclic N) is 1. The minimum Gasteiger partial charge on any atom is -0.391 e. The van der Waals surface area contributed by atoms with E-state index in [4.69, 9.17) is 9.73 Å². The van der Waals surface area contributed by atoms with Gasteiger partial charge >= 0.3 is 0 Å². The Morgan fingerprint density at radius 1 is 1.36 bits per heavy atom. The molecule has 2 aliphatic rings. The van der Waals surface area contributed by atoms with E-state index in [9.17, 15) is 9.50 Å². The van der Waals surface area contributed by atoms with Gasteiger partial charge in [0.05, 0.1) is 12.6 Å². The Morgan fingerprint density at radius 2 is 2.08 bits per heavy atom. The van der Waals surface area contributed by atoms with Crippen LogP contribution in [-0.2, 0) is 10.2 Å². The predicted octanol–water partition coefficient (Wildman–Crippen LogP) is 1.91. The zero-order valence-corrected chi connectivity index (χ0v) is 14.9. The third-order valence-corrected chi connectivity index (χ3v) is 5.24. The number of aliphatic hydroxyl groups is 1. The lowest BCUT2D eigenvalue weighted by atomic mass is 9.74. The van der Waals surface area contributed by atoms with Crippen LogP contribution in [-0.4, -0.2) is 61.5 Å². The predicted molar refractivity (Wildman–Crippen MR) is 96.3 cm³/mol. The van der Waals surface area contributed by atoms with Crippen LogP contribution in [0.3, 0.4) is 0 Å². The highest BCUT2D eigenvalue weighted by molar-refractivity contribution is 5.80. The summed E-state index contributed by atoms with van der Waals surface area (Å²) in [6.07, 6.45) is 2.26. The molecule has 0 bridgehead atoms. The summed E-state index contributed by atoms with van der Waals surface area (Å²) in [7, 11) is 0. The molecule has 2 N–H and O–H groups in total. The maximum Gasteiger partial charge on any atom is 0.194 e. The molecule has 2 heterocycles. The van der Waals surface area contributed by atoms with Gasteiger partial charge in [-0.1, -0.05) is 12.1 Å². The summed E-state index contributed by atoms with van der Waals surface area (Å²) < 4.78 is 18.9. The zero-order valence-electron chi connectivity index (χ0n) is 14.9. The number of nitrogens with zero attached hydrogens (tertiary/aromatic N) is 2. The topological polar surface area (TPSA) is 57.1 Å². The molecule has 0 saturated carbocycles. The monoisotopic (exact) mass is 349 g/mol. The van der Waals surface area contributed by atoms with Gasteiger partial charge < -0.3 is 20.1 Å². The van der Waals surface area contributed by atoms with E-state index in [1.807, 2.05) is 19.1 Å². The number of aliphatic imine (C=N–C) groups is 1. The first-order valence-electron chi connectivity index (χ1n) is 9.18. The van der Waals surface area contributed by atoms with Crippen molar-refractivity contribution in [3.63, 3.8) is 0 Å². The van der Waals surface area contributed by atoms with Crippen molar-refractivity contribution in [2.45, 2.75) is 37.7 Å². The number of aliphatic hydroxyl groups excluding tert-OH is 1. The van der Waals surface area contributed by atoms with Crippen molar-refractivity contribution in [2.24, 2.45) is 4.99 Å². The first kappa shape index (κ1) is 18.1. The van der Waals surface area contributed by atoms with Crippen LogP contribution in [0.1, 0.15) is 31.7 Å². The number of nitrogens with one attached hydrogen (secondary N) is 1. The Hall–Kier alpha value is -1.66. The van der Waals surface area contributed by atoms with Crippen LogP contribution in [0.5, 0.6) is 0 Å². The van der Waals surface area contributed by atoms with Gasteiger partial charge in [-0.2, -0.15) is 0 Å². The quantitative estimate of drug-likeness (QED) is 0.644. The first-order valence-corrected chi connectivity index (χ1v) is 9.18. The molecule has 0 spiro atoms. The van der Waals surface area contributed by atoms with E-state index < -0.39 is 0 Å². The van der Waals surface area contributed by atoms with Crippen LogP contribution >= 0.6 is 0 Å². The minimum absolute atomic E-state index is 0.120. The van der Waals surface area contributed by atoms with Gasteiger partial charge in [0.25, 0.3) is 0 Å². The van der Waals surface area contributed by atoms with E-state index in [0.29, 0.717) is 26.3 Å². The first-order chi connectivity index (χ1) is 12.1. The van der Waals surface area contributed by atoms with Gasteiger partial charge in [0.1, 0.15) is 5.82 Å². The summed E-state index contributed by atoms with van der Waals surface area (Å²) in [5, 5.41) is 13.1. The van der Waals surface area contributed by atoms with Crippen molar-refractivity contribution in [3.8, 4) is 0 Å². The van der Waals surface area contributed by atoms with Crippen LogP contribution in [0.2, 0.25) is 0 Å². The maximum atomic E-state index is 13.3. The van der Waals surface area contributed by atoms with Gasteiger partial charge in [0, 0.05) is 38.3 Å². The van der Waals surface area contributed by atoms with Gasteiger partial charge in [-0.15, -0.1) is 0 Å². The number of guanidine groups is 1. The summed E-state index contributed by atoms with van der Waals surface area (Å²) in [5.74, 6) is 0.640. The van der Waals surface area contributed by atoms with Gasteiger partial charge in [0.15, 0.2) is 5.96 Å². The Bertz CT molecular complexity index is 585. The molecule has 0 amide bonds. The second-order valence-corrected chi connectivity index (χ2v) is 6.96. The summed E-state index contributed by atoms with van der Waals surface area (Å²) >= 11 is 0. The Morgan fingerprint density at radius 3 is 2.68 bits per heavy atom. The fraction of sp³-hybridized carbons (Fsp3) is 0.632. The largest absolute Gasteiger partial charge is 0.391 e. The lowest BCUT2D eigenvalue weighted by molar-refractivity contribution is 0.0530. The molecule has 0 unspecified atom stereocenters. The second kappa shape index (κ2) is 8.15.